The second-order valence-corrected chi connectivity index (χ2v) is 4.73. The fourth-order valence-electron chi connectivity index (χ4n) is 1.71. The van der Waals surface area contributed by atoms with E-state index in [4.69, 9.17) is 0 Å². The number of isocyanates is 1. The zero-order chi connectivity index (χ0) is 11.1. The molecule has 0 N–H and O–H groups in total. The number of rotatable bonds is 2. The fourth-order valence-corrected chi connectivity index (χ4v) is 2.28. The molecule has 78 valence electrons. The molecule has 2 nitrogen and oxygen atoms in total. The minimum absolute atomic E-state index is 0.269. The van der Waals surface area contributed by atoms with Crippen molar-refractivity contribution in [2.24, 2.45) is 4.99 Å². The van der Waals surface area contributed by atoms with Gasteiger partial charge in [-0.3, -0.25) is 0 Å². The molecule has 0 spiro atoms. The zero-order valence-corrected chi connectivity index (χ0v) is 9.77. The first-order valence-electron chi connectivity index (χ1n) is 4.64. The summed E-state index contributed by atoms with van der Waals surface area (Å²) in [6, 6.07) is 3.40. The summed E-state index contributed by atoms with van der Waals surface area (Å²) in [5.74, 6) is -0.269. The van der Waals surface area contributed by atoms with Gasteiger partial charge in [0.25, 0.3) is 0 Å². The summed E-state index contributed by atoms with van der Waals surface area (Å²) < 4.78 is 14.6. The number of hydrogen-bond acceptors (Lipinski definition) is 2. The van der Waals surface area contributed by atoms with E-state index in [1.165, 1.54) is 6.08 Å². The summed E-state index contributed by atoms with van der Waals surface area (Å²) in [5.41, 5.74) is 0.421. The van der Waals surface area contributed by atoms with Crippen LogP contribution in [0.4, 0.5) is 4.39 Å². The molecule has 0 unspecified atom stereocenters. The molecular formula is C11H9BrFNO. The van der Waals surface area contributed by atoms with Crippen LogP contribution in [-0.4, -0.2) is 6.08 Å². The molecular weight excluding hydrogens is 261 g/mol. The molecule has 15 heavy (non-hydrogen) atoms. The summed E-state index contributed by atoms with van der Waals surface area (Å²) in [4.78, 5) is 14.0. The highest BCUT2D eigenvalue weighted by Crippen LogP contribution is 2.50. The van der Waals surface area contributed by atoms with Crippen molar-refractivity contribution in [3.05, 3.63) is 33.5 Å². The van der Waals surface area contributed by atoms with Gasteiger partial charge in [0.05, 0.1) is 0 Å². The van der Waals surface area contributed by atoms with Gasteiger partial charge in [-0.25, -0.2) is 9.18 Å². The summed E-state index contributed by atoms with van der Waals surface area (Å²) in [7, 11) is 0. The summed E-state index contributed by atoms with van der Waals surface area (Å²) in [6.45, 7) is 1.70. The second kappa shape index (κ2) is 3.54. The van der Waals surface area contributed by atoms with Gasteiger partial charge in [0.2, 0.25) is 6.08 Å². The van der Waals surface area contributed by atoms with Crippen molar-refractivity contribution in [1.82, 2.24) is 0 Å². The third kappa shape index (κ3) is 1.75. The maximum atomic E-state index is 13.8. The highest BCUT2D eigenvalue weighted by molar-refractivity contribution is 9.10. The maximum Gasteiger partial charge on any atom is 0.235 e. The molecule has 0 aliphatic heterocycles. The predicted molar refractivity (Wildman–Crippen MR) is 57.9 cm³/mol. The predicted octanol–water partition coefficient (Wildman–Crippen LogP) is 3.22. The Morgan fingerprint density at radius 2 is 2.20 bits per heavy atom. The molecule has 0 atom stereocenters. The van der Waals surface area contributed by atoms with Gasteiger partial charge < -0.3 is 0 Å². The molecule has 4 heteroatoms. The van der Waals surface area contributed by atoms with Crippen LogP contribution in [0, 0.1) is 12.7 Å². The first kappa shape index (κ1) is 10.5. The zero-order valence-electron chi connectivity index (χ0n) is 8.18. The Morgan fingerprint density at radius 1 is 1.53 bits per heavy atom. The maximum absolute atomic E-state index is 13.8. The summed E-state index contributed by atoms with van der Waals surface area (Å²) in [5, 5.41) is 0. The first-order valence-corrected chi connectivity index (χ1v) is 5.43. The van der Waals surface area contributed by atoms with Gasteiger partial charge in [0, 0.05) is 10.0 Å². The van der Waals surface area contributed by atoms with Crippen LogP contribution in [0.25, 0.3) is 0 Å². The average molecular weight is 270 g/mol. The van der Waals surface area contributed by atoms with Gasteiger partial charge in [0.1, 0.15) is 11.4 Å². The van der Waals surface area contributed by atoms with E-state index >= 15 is 0 Å². The van der Waals surface area contributed by atoms with Crippen LogP contribution >= 0.6 is 15.9 Å². The van der Waals surface area contributed by atoms with Crippen LogP contribution in [-0.2, 0) is 10.3 Å². The van der Waals surface area contributed by atoms with Crippen molar-refractivity contribution in [3.63, 3.8) is 0 Å². The van der Waals surface area contributed by atoms with Crippen LogP contribution in [0.5, 0.6) is 0 Å². The number of aliphatic imine (C=N–C) groups is 1. The largest absolute Gasteiger partial charge is 0.235 e. The lowest BCUT2D eigenvalue weighted by Crippen LogP contribution is -2.07. The Labute approximate surface area is 95.3 Å². The standard InChI is InChI=1S/C11H9BrFNO/c1-7-4-8(12)5-9(10(7)13)11(2-3-11)14-6-15/h4-5H,2-3H2,1H3. The molecule has 0 heterocycles. The van der Waals surface area contributed by atoms with E-state index < -0.39 is 5.54 Å². The van der Waals surface area contributed by atoms with Crippen molar-refractivity contribution in [3.8, 4) is 0 Å². The molecule has 1 aliphatic carbocycles. The summed E-state index contributed by atoms with van der Waals surface area (Å²) >= 11 is 3.31. The van der Waals surface area contributed by atoms with Crippen molar-refractivity contribution >= 4 is 22.0 Å². The van der Waals surface area contributed by atoms with Crippen LogP contribution < -0.4 is 0 Å². The van der Waals surface area contributed by atoms with Crippen molar-refractivity contribution in [2.75, 3.05) is 0 Å². The van der Waals surface area contributed by atoms with Crippen LogP contribution in [0.15, 0.2) is 21.6 Å². The molecule has 2 rings (SSSR count). The van der Waals surface area contributed by atoms with E-state index in [0.29, 0.717) is 11.1 Å². The smallest absolute Gasteiger partial charge is 0.211 e. The van der Waals surface area contributed by atoms with E-state index in [0.717, 1.165) is 17.3 Å². The van der Waals surface area contributed by atoms with Crippen molar-refractivity contribution in [2.45, 2.75) is 25.3 Å². The number of carbonyl (C=O) groups excluding carboxylic acids is 1. The Hall–Kier alpha value is -0.990. The minimum Gasteiger partial charge on any atom is -0.211 e. The topological polar surface area (TPSA) is 29.4 Å². The molecule has 0 bridgehead atoms. The Morgan fingerprint density at radius 3 is 2.73 bits per heavy atom. The quantitative estimate of drug-likeness (QED) is 0.599. The molecule has 0 amide bonds. The van der Waals surface area contributed by atoms with Gasteiger partial charge in [0.15, 0.2) is 0 Å². The third-order valence-corrected chi connectivity index (χ3v) is 3.16. The van der Waals surface area contributed by atoms with E-state index in [1.807, 2.05) is 0 Å². The van der Waals surface area contributed by atoms with Gasteiger partial charge in [-0.2, -0.15) is 4.99 Å². The number of aryl methyl sites for hydroxylation is 1. The molecule has 0 aromatic heterocycles. The van der Waals surface area contributed by atoms with Crippen LogP contribution in [0.1, 0.15) is 24.0 Å². The lowest BCUT2D eigenvalue weighted by molar-refractivity contribution is 0.545. The molecule has 0 saturated heterocycles. The molecule has 1 aromatic carbocycles. The van der Waals surface area contributed by atoms with Crippen molar-refractivity contribution in [1.29, 1.82) is 0 Å². The van der Waals surface area contributed by atoms with E-state index in [9.17, 15) is 9.18 Å². The Balaban J connectivity index is 2.57. The SMILES string of the molecule is Cc1cc(Br)cc(C2(N=C=O)CC2)c1F. The molecule has 1 saturated carbocycles. The number of hydrogen-bond donors (Lipinski definition) is 0. The fraction of sp³-hybridized carbons (Fsp3) is 0.364. The van der Waals surface area contributed by atoms with Gasteiger partial charge in [-0.1, -0.05) is 15.9 Å². The number of nitrogens with zero attached hydrogens (tertiary/aromatic N) is 1. The van der Waals surface area contributed by atoms with E-state index in [1.54, 1.807) is 19.1 Å². The lowest BCUT2D eigenvalue weighted by atomic mass is 10.0. The molecule has 1 aliphatic rings. The van der Waals surface area contributed by atoms with Crippen LogP contribution in [0.3, 0.4) is 0 Å². The van der Waals surface area contributed by atoms with Gasteiger partial charge >= 0.3 is 0 Å². The Kier molecular flexibility index (Phi) is 2.49. The summed E-state index contributed by atoms with van der Waals surface area (Å²) in [6.07, 6.45) is 2.96. The van der Waals surface area contributed by atoms with Crippen molar-refractivity contribution < 1.29 is 9.18 Å². The Bertz CT molecular complexity index is 462. The van der Waals surface area contributed by atoms with Crippen LogP contribution in [0.2, 0.25) is 0 Å². The third-order valence-electron chi connectivity index (χ3n) is 2.70. The highest BCUT2D eigenvalue weighted by Gasteiger charge is 2.47. The monoisotopic (exact) mass is 269 g/mol. The highest BCUT2D eigenvalue weighted by atomic mass is 79.9. The minimum atomic E-state index is -0.639. The normalized spacial score (nSPS) is 17.0. The van der Waals surface area contributed by atoms with E-state index in [2.05, 4.69) is 20.9 Å². The molecule has 0 radical (unpaired) electrons. The molecule has 1 aromatic rings. The first-order chi connectivity index (χ1) is 7.09. The number of benzene rings is 1. The number of halogens is 2. The van der Waals surface area contributed by atoms with E-state index in [-0.39, 0.29) is 5.82 Å². The van der Waals surface area contributed by atoms with Gasteiger partial charge in [-0.15, -0.1) is 0 Å². The molecule has 1 fully saturated rings. The lowest BCUT2D eigenvalue weighted by Gasteiger charge is -2.11. The average Bonchev–Trinajstić information content (AvgIpc) is 2.93. The van der Waals surface area contributed by atoms with Gasteiger partial charge in [-0.05, 0) is 37.5 Å². The second-order valence-electron chi connectivity index (χ2n) is 3.82.